The third kappa shape index (κ3) is 9.15. The highest BCUT2D eigenvalue weighted by molar-refractivity contribution is 5.89. The van der Waals surface area contributed by atoms with Crippen LogP contribution in [0.2, 0.25) is 0 Å². The summed E-state index contributed by atoms with van der Waals surface area (Å²) in [5, 5.41) is 5.77. The minimum absolute atomic E-state index is 0.133. The lowest BCUT2D eigenvalue weighted by Crippen LogP contribution is -2.52. The van der Waals surface area contributed by atoms with Gasteiger partial charge in [-0.2, -0.15) is 0 Å². The number of nitrogens with one attached hydrogen (secondary N) is 2. The first kappa shape index (κ1) is 22.4. The predicted octanol–water partition coefficient (Wildman–Crippen LogP) is 1.76. The van der Waals surface area contributed by atoms with Crippen molar-refractivity contribution >= 4 is 11.8 Å². The first-order chi connectivity index (χ1) is 12.4. The molecule has 1 aliphatic carbocycles. The standard InChI is InChI=1S/C20H36N4O2/c1-15(2)13-18(20(26)23-12-8-4-7-11-21)24-19(25)17(22)14-16-9-5-3-6-10-16/h3,5,9,15,17-18H,4,6-8,10-14,21-22H2,1-2H3,(H,23,26)(H,24,25)/t17-,18-/m1/s1. The van der Waals surface area contributed by atoms with Crippen molar-refractivity contribution in [3.63, 3.8) is 0 Å². The van der Waals surface area contributed by atoms with E-state index in [2.05, 4.69) is 16.7 Å². The quantitative estimate of drug-likeness (QED) is 0.395. The smallest absolute Gasteiger partial charge is 0.242 e. The summed E-state index contributed by atoms with van der Waals surface area (Å²) in [5.74, 6) is -0.0955. The molecule has 26 heavy (non-hydrogen) atoms. The Morgan fingerprint density at radius 2 is 1.96 bits per heavy atom. The Morgan fingerprint density at radius 3 is 2.58 bits per heavy atom. The van der Waals surface area contributed by atoms with Crippen LogP contribution in [0.3, 0.4) is 0 Å². The average molecular weight is 365 g/mol. The summed E-state index contributed by atoms with van der Waals surface area (Å²) in [6.07, 6.45) is 12.0. The summed E-state index contributed by atoms with van der Waals surface area (Å²) in [7, 11) is 0. The van der Waals surface area contributed by atoms with Crippen LogP contribution >= 0.6 is 0 Å². The zero-order valence-corrected chi connectivity index (χ0v) is 16.3. The topological polar surface area (TPSA) is 110 Å². The average Bonchev–Trinajstić information content (AvgIpc) is 2.61. The molecule has 0 fully saturated rings. The molecule has 2 amide bonds. The van der Waals surface area contributed by atoms with Gasteiger partial charge in [0, 0.05) is 6.54 Å². The van der Waals surface area contributed by atoms with Gasteiger partial charge in [0.15, 0.2) is 0 Å². The fourth-order valence-electron chi connectivity index (χ4n) is 2.96. The maximum Gasteiger partial charge on any atom is 0.242 e. The van der Waals surface area contributed by atoms with Gasteiger partial charge in [-0.25, -0.2) is 0 Å². The van der Waals surface area contributed by atoms with Crippen LogP contribution in [-0.2, 0) is 9.59 Å². The highest BCUT2D eigenvalue weighted by Crippen LogP contribution is 2.16. The first-order valence-electron chi connectivity index (χ1n) is 9.82. The van der Waals surface area contributed by atoms with E-state index in [4.69, 9.17) is 11.5 Å². The van der Waals surface area contributed by atoms with Crippen LogP contribution in [0.4, 0.5) is 0 Å². The molecular formula is C20H36N4O2. The second-order valence-electron chi connectivity index (χ2n) is 7.43. The van der Waals surface area contributed by atoms with E-state index < -0.39 is 12.1 Å². The second kappa shape index (κ2) is 12.7. The summed E-state index contributed by atoms with van der Waals surface area (Å²) in [4.78, 5) is 24.9. The number of hydrogen-bond acceptors (Lipinski definition) is 4. The number of allylic oxidation sites excluding steroid dienone is 3. The van der Waals surface area contributed by atoms with Gasteiger partial charge in [-0.05, 0) is 51.0 Å². The Bertz CT molecular complexity index is 500. The molecule has 0 radical (unpaired) electrons. The molecule has 0 aromatic carbocycles. The van der Waals surface area contributed by atoms with Crippen molar-refractivity contribution < 1.29 is 9.59 Å². The summed E-state index contributed by atoms with van der Waals surface area (Å²) < 4.78 is 0. The van der Waals surface area contributed by atoms with Crippen LogP contribution < -0.4 is 22.1 Å². The lowest BCUT2D eigenvalue weighted by molar-refractivity contribution is -0.130. The number of carbonyl (C=O) groups excluding carboxylic acids is 2. The molecule has 0 saturated heterocycles. The molecule has 6 nitrogen and oxygen atoms in total. The predicted molar refractivity (Wildman–Crippen MR) is 106 cm³/mol. The molecule has 1 rings (SSSR count). The zero-order valence-electron chi connectivity index (χ0n) is 16.3. The minimum atomic E-state index is -0.625. The Morgan fingerprint density at radius 1 is 1.19 bits per heavy atom. The lowest BCUT2D eigenvalue weighted by Gasteiger charge is -2.23. The van der Waals surface area contributed by atoms with Crippen LogP contribution in [0.25, 0.3) is 0 Å². The van der Waals surface area contributed by atoms with Gasteiger partial charge < -0.3 is 22.1 Å². The van der Waals surface area contributed by atoms with E-state index >= 15 is 0 Å². The molecule has 0 aliphatic heterocycles. The largest absolute Gasteiger partial charge is 0.354 e. The van der Waals surface area contributed by atoms with Gasteiger partial charge in [0.25, 0.3) is 0 Å². The molecule has 1 aliphatic rings. The molecule has 0 aromatic heterocycles. The van der Waals surface area contributed by atoms with E-state index in [1.54, 1.807) is 0 Å². The van der Waals surface area contributed by atoms with E-state index in [9.17, 15) is 9.59 Å². The molecule has 148 valence electrons. The van der Waals surface area contributed by atoms with Gasteiger partial charge in [-0.1, -0.05) is 44.1 Å². The summed E-state index contributed by atoms with van der Waals surface area (Å²) >= 11 is 0. The first-order valence-corrected chi connectivity index (χ1v) is 9.82. The Hall–Kier alpha value is -1.66. The summed E-state index contributed by atoms with van der Waals surface area (Å²) in [6, 6.07) is -1.16. The van der Waals surface area contributed by atoms with Crippen LogP contribution in [0.1, 0.15) is 58.8 Å². The summed E-state index contributed by atoms with van der Waals surface area (Å²) in [5.41, 5.74) is 12.7. The van der Waals surface area contributed by atoms with Crippen molar-refractivity contribution in [3.05, 3.63) is 23.8 Å². The third-order valence-electron chi connectivity index (χ3n) is 4.44. The molecule has 0 heterocycles. The van der Waals surface area contributed by atoms with Gasteiger partial charge in [-0.3, -0.25) is 9.59 Å². The van der Waals surface area contributed by atoms with Crippen molar-refractivity contribution in [3.8, 4) is 0 Å². The third-order valence-corrected chi connectivity index (χ3v) is 4.44. The monoisotopic (exact) mass is 364 g/mol. The highest BCUT2D eigenvalue weighted by Gasteiger charge is 2.24. The maximum absolute atomic E-state index is 12.5. The number of rotatable bonds is 12. The Labute approximate surface area is 157 Å². The molecule has 0 bridgehead atoms. The molecular weight excluding hydrogens is 328 g/mol. The van der Waals surface area contributed by atoms with Gasteiger partial charge in [-0.15, -0.1) is 0 Å². The van der Waals surface area contributed by atoms with Crippen molar-refractivity contribution in [2.24, 2.45) is 17.4 Å². The van der Waals surface area contributed by atoms with E-state index in [-0.39, 0.29) is 11.8 Å². The van der Waals surface area contributed by atoms with E-state index in [0.717, 1.165) is 32.1 Å². The van der Waals surface area contributed by atoms with Gasteiger partial charge in [0.2, 0.25) is 11.8 Å². The SMILES string of the molecule is CC(C)C[C@@H](NC(=O)[C@H](N)CC1=CC=CCC1)C(=O)NCCCCCN. The Kier molecular flexibility index (Phi) is 10.9. The van der Waals surface area contributed by atoms with Crippen molar-refractivity contribution in [2.45, 2.75) is 70.9 Å². The Balaban J connectivity index is 2.50. The fraction of sp³-hybridized carbons (Fsp3) is 0.700. The molecule has 0 aromatic rings. The molecule has 0 spiro atoms. The summed E-state index contributed by atoms with van der Waals surface area (Å²) in [6.45, 7) is 5.35. The molecule has 6 N–H and O–H groups in total. The zero-order chi connectivity index (χ0) is 19.4. The molecule has 0 saturated carbocycles. The highest BCUT2D eigenvalue weighted by atomic mass is 16.2. The maximum atomic E-state index is 12.5. The van der Waals surface area contributed by atoms with Gasteiger partial charge in [0.1, 0.15) is 6.04 Å². The van der Waals surface area contributed by atoms with Crippen LogP contribution in [0, 0.1) is 5.92 Å². The minimum Gasteiger partial charge on any atom is -0.354 e. The van der Waals surface area contributed by atoms with Crippen molar-refractivity contribution in [1.82, 2.24) is 10.6 Å². The second-order valence-corrected chi connectivity index (χ2v) is 7.43. The van der Waals surface area contributed by atoms with Crippen LogP contribution in [-0.4, -0.2) is 37.0 Å². The molecule has 2 atom stereocenters. The number of unbranched alkanes of at least 4 members (excludes halogenated alkanes) is 2. The van der Waals surface area contributed by atoms with E-state index in [0.29, 0.717) is 31.8 Å². The van der Waals surface area contributed by atoms with Gasteiger partial charge >= 0.3 is 0 Å². The number of amides is 2. The van der Waals surface area contributed by atoms with Crippen LogP contribution in [0.5, 0.6) is 0 Å². The normalized spacial score (nSPS) is 16.1. The van der Waals surface area contributed by atoms with Gasteiger partial charge in [0.05, 0.1) is 6.04 Å². The number of carbonyl (C=O) groups is 2. The fourth-order valence-corrected chi connectivity index (χ4v) is 2.96. The van der Waals surface area contributed by atoms with Crippen LogP contribution in [0.15, 0.2) is 23.8 Å². The number of hydrogen-bond donors (Lipinski definition) is 4. The van der Waals surface area contributed by atoms with E-state index in [1.165, 1.54) is 5.57 Å². The molecule has 0 unspecified atom stereocenters. The van der Waals surface area contributed by atoms with E-state index in [1.807, 2.05) is 26.0 Å². The van der Waals surface area contributed by atoms with Crippen molar-refractivity contribution in [2.75, 3.05) is 13.1 Å². The molecule has 6 heteroatoms. The van der Waals surface area contributed by atoms with Crippen molar-refractivity contribution in [1.29, 1.82) is 0 Å². The lowest BCUT2D eigenvalue weighted by atomic mass is 9.97. The number of nitrogens with two attached hydrogens (primary N) is 2.